The van der Waals surface area contributed by atoms with Gasteiger partial charge in [0.2, 0.25) is 0 Å². The molecule has 0 saturated heterocycles. The molecule has 1 heterocycles. The Labute approximate surface area is 60.6 Å². The van der Waals surface area contributed by atoms with Crippen molar-refractivity contribution in [1.29, 1.82) is 0 Å². The topological polar surface area (TPSA) is 54.7 Å². The summed E-state index contributed by atoms with van der Waals surface area (Å²) in [5, 5.41) is 6.94. The van der Waals surface area contributed by atoms with Crippen LogP contribution >= 0.6 is 0 Å². The Balaban J connectivity index is 2.78. The maximum Gasteiger partial charge on any atom is 0.0650 e. The molecule has 0 bridgehead atoms. The molecule has 0 amide bonds. The summed E-state index contributed by atoms with van der Waals surface area (Å²) in [5.74, 6) is 0.483. The number of rotatable bonds is 2. The Morgan fingerprint density at radius 1 is 1.70 bits per heavy atom. The van der Waals surface area contributed by atoms with Crippen molar-refractivity contribution in [3.8, 4) is 0 Å². The third kappa shape index (κ3) is 1.36. The Morgan fingerprint density at radius 3 is 2.70 bits per heavy atom. The zero-order valence-corrected chi connectivity index (χ0v) is 6.39. The zero-order chi connectivity index (χ0) is 7.56. The number of nitrogens with two attached hydrogens (primary N) is 1. The van der Waals surface area contributed by atoms with Crippen molar-refractivity contribution >= 4 is 0 Å². The third-order valence-corrected chi connectivity index (χ3v) is 1.46. The molecule has 56 valence electrons. The summed E-state index contributed by atoms with van der Waals surface area (Å²) in [6.07, 6.45) is 0. The number of aromatic nitrogens is 2. The summed E-state index contributed by atoms with van der Waals surface area (Å²) >= 11 is 0. The maximum atomic E-state index is 5.39. The second-order valence-electron chi connectivity index (χ2n) is 2.68. The fraction of sp³-hybridized carbons (Fsp3) is 0.571. The van der Waals surface area contributed by atoms with E-state index in [1.165, 1.54) is 0 Å². The lowest BCUT2D eigenvalue weighted by molar-refractivity contribution is 0.808. The van der Waals surface area contributed by atoms with Crippen molar-refractivity contribution in [3.05, 3.63) is 17.5 Å². The molecule has 0 aliphatic rings. The van der Waals surface area contributed by atoms with Crippen molar-refractivity contribution in [2.24, 2.45) is 5.73 Å². The number of H-pyrrole nitrogens is 1. The summed E-state index contributed by atoms with van der Waals surface area (Å²) in [6.45, 7) is 4.76. The van der Waals surface area contributed by atoms with Crippen LogP contribution in [0.25, 0.3) is 0 Å². The van der Waals surface area contributed by atoms with Crippen LogP contribution in [0.2, 0.25) is 0 Å². The average Bonchev–Trinajstić information content (AvgIpc) is 2.34. The first-order valence-corrected chi connectivity index (χ1v) is 3.48. The quantitative estimate of drug-likeness (QED) is 0.642. The van der Waals surface area contributed by atoms with E-state index in [-0.39, 0.29) is 0 Å². The van der Waals surface area contributed by atoms with Gasteiger partial charge in [0.25, 0.3) is 0 Å². The van der Waals surface area contributed by atoms with Gasteiger partial charge in [-0.25, -0.2) is 0 Å². The summed E-state index contributed by atoms with van der Waals surface area (Å²) in [4.78, 5) is 0. The molecule has 1 aromatic heterocycles. The molecule has 10 heavy (non-hydrogen) atoms. The van der Waals surface area contributed by atoms with Gasteiger partial charge in [-0.3, -0.25) is 5.10 Å². The standard InChI is InChI=1S/C7H13N3/c1-5(2)7-3-6(4-8)9-10-7/h3,5H,4,8H2,1-2H3,(H,9,10). The third-order valence-electron chi connectivity index (χ3n) is 1.46. The molecule has 3 N–H and O–H groups in total. The van der Waals surface area contributed by atoms with E-state index in [2.05, 4.69) is 24.0 Å². The number of nitrogens with zero attached hydrogens (tertiary/aromatic N) is 1. The van der Waals surface area contributed by atoms with Crippen molar-refractivity contribution in [2.75, 3.05) is 0 Å². The van der Waals surface area contributed by atoms with Gasteiger partial charge in [0, 0.05) is 12.2 Å². The SMILES string of the molecule is CC(C)c1cc(CN)[nH]n1. The number of aromatic amines is 1. The van der Waals surface area contributed by atoms with Gasteiger partial charge in [-0.05, 0) is 12.0 Å². The molecular formula is C7H13N3. The number of nitrogens with one attached hydrogen (secondary N) is 1. The molecule has 0 radical (unpaired) electrons. The minimum Gasteiger partial charge on any atom is -0.325 e. The van der Waals surface area contributed by atoms with Crippen LogP contribution < -0.4 is 5.73 Å². The van der Waals surface area contributed by atoms with E-state index in [0.29, 0.717) is 12.5 Å². The molecule has 3 nitrogen and oxygen atoms in total. The molecular weight excluding hydrogens is 126 g/mol. The first-order valence-electron chi connectivity index (χ1n) is 3.48. The largest absolute Gasteiger partial charge is 0.325 e. The van der Waals surface area contributed by atoms with E-state index in [1.54, 1.807) is 0 Å². The van der Waals surface area contributed by atoms with Gasteiger partial charge >= 0.3 is 0 Å². The second-order valence-corrected chi connectivity index (χ2v) is 2.68. The lowest BCUT2D eigenvalue weighted by Gasteiger charge is -1.94. The first kappa shape index (κ1) is 7.28. The van der Waals surface area contributed by atoms with Crippen LogP contribution in [0.15, 0.2) is 6.07 Å². The van der Waals surface area contributed by atoms with E-state index < -0.39 is 0 Å². The molecule has 1 rings (SSSR count). The smallest absolute Gasteiger partial charge is 0.0650 e. The minimum atomic E-state index is 0.483. The monoisotopic (exact) mass is 139 g/mol. The fourth-order valence-electron chi connectivity index (χ4n) is 0.780. The highest BCUT2D eigenvalue weighted by atomic mass is 15.1. The molecule has 0 unspecified atom stereocenters. The molecule has 0 atom stereocenters. The first-order chi connectivity index (χ1) is 4.74. The lowest BCUT2D eigenvalue weighted by atomic mass is 10.1. The van der Waals surface area contributed by atoms with E-state index >= 15 is 0 Å². The second kappa shape index (κ2) is 2.84. The van der Waals surface area contributed by atoms with Crippen LogP contribution in [-0.4, -0.2) is 10.2 Å². The van der Waals surface area contributed by atoms with Crippen LogP contribution in [0.1, 0.15) is 31.2 Å². The molecule has 0 fully saturated rings. The van der Waals surface area contributed by atoms with E-state index in [4.69, 9.17) is 5.73 Å². The maximum absolute atomic E-state index is 5.39. The van der Waals surface area contributed by atoms with Gasteiger partial charge in [0.05, 0.1) is 5.69 Å². The zero-order valence-electron chi connectivity index (χ0n) is 6.39. The predicted molar refractivity (Wildman–Crippen MR) is 40.6 cm³/mol. The van der Waals surface area contributed by atoms with Crippen molar-refractivity contribution in [1.82, 2.24) is 10.2 Å². The molecule has 0 aliphatic carbocycles. The van der Waals surface area contributed by atoms with Crippen LogP contribution in [0.3, 0.4) is 0 Å². The molecule has 0 aromatic carbocycles. The summed E-state index contributed by atoms with van der Waals surface area (Å²) < 4.78 is 0. The van der Waals surface area contributed by atoms with Gasteiger partial charge in [0.15, 0.2) is 0 Å². The summed E-state index contributed by atoms with van der Waals surface area (Å²) in [7, 11) is 0. The van der Waals surface area contributed by atoms with E-state index in [0.717, 1.165) is 11.4 Å². The fourth-order valence-corrected chi connectivity index (χ4v) is 0.780. The van der Waals surface area contributed by atoms with Crippen LogP contribution in [0.4, 0.5) is 0 Å². The van der Waals surface area contributed by atoms with E-state index in [1.807, 2.05) is 6.07 Å². The lowest BCUT2D eigenvalue weighted by Crippen LogP contribution is -1.95. The highest BCUT2D eigenvalue weighted by Gasteiger charge is 2.02. The Kier molecular flexibility index (Phi) is 2.06. The Hall–Kier alpha value is -0.830. The number of hydrogen-bond acceptors (Lipinski definition) is 2. The van der Waals surface area contributed by atoms with Crippen molar-refractivity contribution in [2.45, 2.75) is 26.3 Å². The highest BCUT2D eigenvalue weighted by Crippen LogP contribution is 2.10. The summed E-state index contributed by atoms with van der Waals surface area (Å²) in [5.41, 5.74) is 7.48. The average molecular weight is 139 g/mol. The minimum absolute atomic E-state index is 0.483. The van der Waals surface area contributed by atoms with Gasteiger partial charge < -0.3 is 5.73 Å². The highest BCUT2D eigenvalue weighted by molar-refractivity contribution is 5.11. The normalized spacial score (nSPS) is 10.8. The van der Waals surface area contributed by atoms with Crippen molar-refractivity contribution < 1.29 is 0 Å². The Bertz CT molecular complexity index is 202. The molecule has 0 aliphatic heterocycles. The Morgan fingerprint density at radius 2 is 2.40 bits per heavy atom. The van der Waals surface area contributed by atoms with Crippen molar-refractivity contribution in [3.63, 3.8) is 0 Å². The van der Waals surface area contributed by atoms with Gasteiger partial charge in [0.1, 0.15) is 0 Å². The van der Waals surface area contributed by atoms with Gasteiger partial charge in [-0.1, -0.05) is 13.8 Å². The van der Waals surface area contributed by atoms with Crippen LogP contribution in [-0.2, 0) is 6.54 Å². The van der Waals surface area contributed by atoms with E-state index in [9.17, 15) is 0 Å². The number of hydrogen-bond donors (Lipinski definition) is 2. The van der Waals surface area contributed by atoms with Crippen LogP contribution in [0, 0.1) is 0 Å². The molecule has 0 spiro atoms. The van der Waals surface area contributed by atoms with Crippen LogP contribution in [0.5, 0.6) is 0 Å². The van der Waals surface area contributed by atoms with Gasteiger partial charge in [-0.2, -0.15) is 5.10 Å². The molecule has 0 saturated carbocycles. The molecule has 1 aromatic rings. The summed E-state index contributed by atoms with van der Waals surface area (Å²) in [6, 6.07) is 2.00. The van der Waals surface area contributed by atoms with Gasteiger partial charge in [-0.15, -0.1) is 0 Å². The molecule has 3 heteroatoms. The predicted octanol–water partition coefficient (Wildman–Crippen LogP) is 0.992.